The number of nitrogens with one attached hydrogen (secondary N) is 2. The summed E-state index contributed by atoms with van der Waals surface area (Å²) >= 11 is 0. The van der Waals surface area contributed by atoms with Gasteiger partial charge in [-0.15, -0.1) is 0 Å². The van der Waals surface area contributed by atoms with Crippen LogP contribution in [-0.4, -0.2) is 19.0 Å². The molecule has 1 aromatic rings. The molecule has 1 saturated carbocycles. The highest BCUT2D eigenvalue weighted by Gasteiger charge is 2.17. The topological polar surface area (TPSA) is 41.1 Å². The van der Waals surface area contributed by atoms with E-state index in [4.69, 9.17) is 0 Å². The van der Waals surface area contributed by atoms with Crippen LogP contribution >= 0.6 is 0 Å². The highest BCUT2D eigenvalue weighted by molar-refractivity contribution is 5.97. The second kappa shape index (κ2) is 6.97. The molecule has 0 radical (unpaired) electrons. The summed E-state index contributed by atoms with van der Waals surface area (Å²) in [5.41, 5.74) is 3.19. The normalized spacial score (nSPS) is 18.1. The molecule has 0 atom stereocenters. The van der Waals surface area contributed by atoms with Gasteiger partial charge in [0, 0.05) is 24.3 Å². The standard InChI is InChI=1S/C18H26N2O/c21-18(20-13-4-8-14-6-1-2-7-14)16-9-3-11-17-15(16)10-5-12-19-17/h3,9,11,14,19H,1-2,4-8,10,12-13H2,(H,20,21). The first-order valence-corrected chi connectivity index (χ1v) is 8.48. The van der Waals surface area contributed by atoms with Gasteiger partial charge in [-0.1, -0.05) is 31.7 Å². The molecular formula is C18H26N2O. The van der Waals surface area contributed by atoms with Gasteiger partial charge in [-0.2, -0.15) is 0 Å². The molecule has 1 heterocycles. The first-order chi connectivity index (χ1) is 10.3. The van der Waals surface area contributed by atoms with Crippen molar-refractivity contribution in [2.75, 3.05) is 18.4 Å². The number of hydrogen-bond acceptors (Lipinski definition) is 2. The molecule has 0 saturated heterocycles. The molecule has 1 fully saturated rings. The van der Waals surface area contributed by atoms with Gasteiger partial charge in [0.25, 0.3) is 5.91 Å². The fourth-order valence-corrected chi connectivity index (χ4v) is 3.71. The Bertz CT molecular complexity index is 492. The predicted molar refractivity (Wildman–Crippen MR) is 86.8 cm³/mol. The highest BCUT2D eigenvalue weighted by atomic mass is 16.1. The first-order valence-electron chi connectivity index (χ1n) is 8.48. The van der Waals surface area contributed by atoms with E-state index in [1.54, 1.807) is 0 Å². The Morgan fingerprint density at radius 2 is 2.10 bits per heavy atom. The summed E-state index contributed by atoms with van der Waals surface area (Å²) in [7, 11) is 0. The Hall–Kier alpha value is -1.51. The van der Waals surface area contributed by atoms with E-state index in [1.165, 1.54) is 37.7 Å². The molecule has 0 unspecified atom stereocenters. The van der Waals surface area contributed by atoms with Crippen LogP contribution in [-0.2, 0) is 6.42 Å². The summed E-state index contributed by atoms with van der Waals surface area (Å²) in [6.07, 6.45) is 10.1. The van der Waals surface area contributed by atoms with Crippen molar-refractivity contribution in [2.45, 2.75) is 51.4 Å². The molecule has 3 nitrogen and oxygen atoms in total. The zero-order valence-electron chi connectivity index (χ0n) is 12.8. The van der Waals surface area contributed by atoms with Gasteiger partial charge in [-0.3, -0.25) is 4.79 Å². The molecule has 1 amide bonds. The summed E-state index contributed by atoms with van der Waals surface area (Å²) in [4.78, 5) is 12.4. The van der Waals surface area contributed by atoms with Crippen LogP contribution in [0.15, 0.2) is 18.2 Å². The second-order valence-corrected chi connectivity index (χ2v) is 6.41. The largest absolute Gasteiger partial charge is 0.385 e. The van der Waals surface area contributed by atoms with Crippen molar-refractivity contribution in [1.82, 2.24) is 5.32 Å². The van der Waals surface area contributed by atoms with Crippen LogP contribution in [0, 0.1) is 5.92 Å². The van der Waals surface area contributed by atoms with Gasteiger partial charge >= 0.3 is 0 Å². The van der Waals surface area contributed by atoms with Gasteiger partial charge in [0.05, 0.1) is 0 Å². The van der Waals surface area contributed by atoms with Crippen molar-refractivity contribution < 1.29 is 4.79 Å². The smallest absolute Gasteiger partial charge is 0.251 e. The molecule has 1 aromatic carbocycles. The van der Waals surface area contributed by atoms with Crippen LogP contribution in [0.2, 0.25) is 0 Å². The molecule has 3 heteroatoms. The summed E-state index contributed by atoms with van der Waals surface area (Å²) in [5, 5.41) is 6.49. The molecule has 114 valence electrons. The van der Waals surface area contributed by atoms with Crippen LogP contribution < -0.4 is 10.6 Å². The second-order valence-electron chi connectivity index (χ2n) is 6.41. The zero-order valence-corrected chi connectivity index (χ0v) is 12.8. The van der Waals surface area contributed by atoms with Gasteiger partial charge in [0.1, 0.15) is 0 Å². The molecule has 2 aliphatic rings. The Morgan fingerprint density at radius 3 is 2.95 bits per heavy atom. The minimum atomic E-state index is 0.0990. The van der Waals surface area contributed by atoms with Crippen LogP contribution in [0.25, 0.3) is 0 Å². The maximum Gasteiger partial charge on any atom is 0.251 e. The van der Waals surface area contributed by atoms with Crippen molar-refractivity contribution in [1.29, 1.82) is 0 Å². The predicted octanol–water partition coefficient (Wildman–Crippen LogP) is 3.74. The lowest BCUT2D eigenvalue weighted by atomic mass is 9.97. The van der Waals surface area contributed by atoms with Crippen molar-refractivity contribution >= 4 is 11.6 Å². The Balaban J connectivity index is 1.51. The Morgan fingerprint density at radius 1 is 1.24 bits per heavy atom. The minimum Gasteiger partial charge on any atom is -0.385 e. The monoisotopic (exact) mass is 286 g/mol. The lowest BCUT2D eigenvalue weighted by Gasteiger charge is -2.20. The SMILES string of the molecule is O=C(NCCCC1CCCC1)c1cccc2c1CCCN2. The number of amides is 1. The summed E-state index contributed by atoms with van der Waals surface area (Å²) in [6, 6.07) is 6.01. The Kier molecular flexibility index (Phi) is 4.79. The molecule has 21 heavy (non-hydrogen) atoms. The molecule has 0 aromatic heterocycles. The third-order valence-corrected chi connectivity index (χ3v) is 4.89. The average molecular weight is 286 g/mol. The summed E-state index contributed by atoms with van der Waals surface area (Å²) in [5.74, 6) is 1.01. The molecule has 2 N–H and O–H groups in total. The number of carbonyl (C=O) groups is 1. The maximum absolute atomic E-state index is 12.4. The lowest BCUT2D eigenvalue weighted by Crippen LogP contribution is -2.27. The van der Waals surface area contributed by atoms with E-state index in [0.29, 0.717) is 0 Å². The number of anilines is 1. The van der Waals surface area contributed by atoms with Crippen LogP contribution in [0.4, 0.5) is 5.69 Å². The van der Waals surface area contributed by atoms with Crippen molar-refractivity contribution in [3.8, 4) is 0 Å². The van der Waals surface area contributed by atoms with Gasteiger partial charge in [0.15, 0.2) is 0 Å². The number of benzene rings is 1. The molecule has 3 rings (SSSR count). The van der Waals surface area contributed by atoms with Crippen molar-refractivity contribution in [3.05, 3.63) is 29.3 Å². The van der Waals surface area contributed by atoms with Crippen LogP contribution in [0.3, 0.4) is 0 Å². The van der Waals surface area contributed by atoms with Crippen LogP contribution in [0.5, 0.6) is 0 Å². The fraction of sp³-hybridized carbons (Fsp3) is 0.611. The number of rotatable bonds is 5. The maximum atomic E-state index is 12.4. The third kappa shape index (κ3) is 3.58. The van der Waals surface area contributed by atoms with Gasteiger partial charge < -0.3 is 10.6 Å². The highest BCUT2D eigenvalue weighted by Crippen LogP contribution is 2.28. The van der Waals surface area contributed by atoms with E-state index in [-0.39, 0.29) is 5.91 Å². The molecular weight excluding hydrogens is 260 g/mol. The summed E-state index contributed by atoms with van der Waals surface area (Å²) in [6.45, 7) is 1.83. The van der Waals surface area contributed by atoms with Gasteiger partial charge in [0.2, 0.25) is 0 Å². The number of carbonyl (C=O) groups excluding carboxylic acids is 1. The van der Waals surface area contributed by atoms with Gasteiger partial charge in [-0.05, 0) is 49.3 Å². The van der Waals surface area contributed by atoms with Crippen molar-refractivity contribution in [2.24, 2.45) is 5.92 Å². The molecule has 0 spiro atoms. The van der Waals surface area contributed by atoms with E-state index in [0.717, 1.165) is 49.5 Å². The quantitative estimate of drug-likeness (QED) is 0.810. The molecule has 1 aliphatic heterocycles. The summed E-state index contributed by atoms with van der Waals surface area (Å²) < 4.78 is 0. The van der Waals surface area contributed by atoms with E-state index >= 15 is 0 Å². The first kappa shape index (κ1) is 14.4. The number of hydrogen-bond donors (Lipinski definition) is 2. The van der Waals surface area contributed by atoms with E-state index in [9.17, 15) is 4.79 Å². The van der Waals surface area contributed by atoms with E-state index in [1.807, 2.05) is 12.1 Å². The van der Waals surface area contributed by atoms with Crippen LogP contribution in [0.1, 0.15) is 60.9 Å². The van der Waals surface area contributed by atoms with Gasteiger partial charge in [-0.25, -0.2) is 0 Å². The van der Waals surface area contributed by atoms with E-state index < -0.39 is 0 Å². The molecule has 0 bridgehead atoms. The average Bonchev–Trinajstić information content (AvgIpc) is 3.04. The minimum absolute atomic E-state index is 0.0990. The third-order valence-electron chi connectivity index (χ3n) is 4.89. The van der Waals surface area contributed by atoms with Crippen molar-refractivity contribution in [3.63, 3.8) is 0 Å². The molecule has 1 aliphatic carbocycles. The Labute approximate surface area is 127 Å². The zero-order chi connectivity index (χ0) is 14.5. The lowest BCUT2D eigenvalue weighted by molar-refractivity contribution is 0.0951. The van der Waals surface area contributed by atoms with E-state index in [2.05, 4.69) is 16.7 Å². The number of fused-ring (bicyclic) bond motifs is 1. The fourth-order valence-electron chi connectivity index (χ4n) is 3.71.